The van der Waals surface area contributed by atoms with Crippen molar-refractivity contribution in [3.8, 4) is 12.3 Å². The number of hydrogen-bond acceptors (Lipinski definition) is 3. The van der Waals surface area contributed by atoms with Crippen LogP contribution >= 0.6 is 0 Å². The molecule has 0 bridgehead atoms. The maximum atomic E-state index is 14.3. The number of aryl methyl sites for hydroxylation is 1. The molecule has 2 aromatic carbocycles. The van der Waals surface area contributed by atoms with E-state index in [2.05, 4.69) is 15.9 Å². The number of alkyl halides is 3. The summed E-state index contributed by atoms with van der Waals surface area (Å²) in [5, 5.41) is 0.254. The van der Waals surface area contributed by atoms with E-state index in [0.29, 0.717) is 23.0 Å². The number of rotatable bonds is 4. The highest BCUT2D eigenvalue weighted by Gasteiger charge is 2.33. The molecule has 0 atom stereocenters. The summed E-state index contributed by atoms with van der Waals surface area (Å²) in [6, 6.07) is 5.22. The molecule has 0 aliphatic carbocycles. The van der Waals surface area contributed by atoms with Gasteiger partial charge in [0.1, 0.15) is 5.82 Å². The minimum absolute atomic E-state index is 0.0937. The molecule has 150 valence electrons. The molecule has 1 N–H and O–H groups in total. The zero-order chi connectivity index (χ0) is 21.3. The Balaban J connectivity index is 2.06. The Kier molecular flexibility index (Phi) is 5.29. The van der Waals surface area contributed by atoms with Crippen LogP contribution < -0.4 is 10.5 Å². The van der Waals surface area contributed by atoms with Gasteiger partial charge in [-0.1, -0.05) is 12.0 Å². The zero-order valence-corrected chi connectivity index (χ0v) is 15.1. The van der Waals surface area contributed by atoms with E-state index in [1.54, 1.807) is 19.1 Å². The lowest BCUT2D eigenvalue weighted by Crippen LogP contribution is -2.25. The first kappa shape index (κ1) is 20.3. The van der Waals surface area contributed by atoms with Crippen LogP contribution in [0.5, 0.6) is 0 Å². The van der Waals surface area contributed by atoms with Crippen molar-refractivity contribution in [2.24, 2.45) is 0 Å². The van der Waals surface area contributed by atoms with E-state index in [0.717, 1.165) is 4.90 Å². The van der Waals surface area contributed by atoms with Crippen LogP contribution in [0.1, 0.15) is 17.0 Å². The second-order valence-corrected chi connectivity index (χ2v) is 6.35. The van der Waals surface area contributed by atoms with Crippen molar-refractivity contribution in [1.29, 1.82) is 0 Å². The van der Waals surface area contributed by atoms with Gasteiger partial charge in [0, 0.05) is 6.54 Å². The van der Waals surface area contributed by atoms with E-state index in [1.807, 2.05) is 0 Å². The van der Waals surface area contributed by atoms with Crippen molar-refractivity contribution in [3.63, 3.8) is 0 Å². The lowest BCUT2D eigenvalue weighted by atomic mass is 10.1. The molecule has 0 spiro atoms. The number of benzene rings is 2. The lowest BCUT2D eigenvalue weighted by Gasteiger charge is -2.24. The summed E-state index contributed by atoms with van der Waals surface area (Å²) in [4.78, 5) is 19.9. The monoisotopic (exact) mass is 407 g/mol. The number of nitrogens with one attached hydrogen (secondary N) is 1. The van der Waals surface area contributed by atoms with E-state index >= 15 is 0 Å². The summed E-state index contributed by atoms with van der Waals surface area (Å²) in [7, 11) is 0. The molecule has 0 saturated carbocycles. The van der Waals surface area contributed by atoms with Crippen molar-refractivity contribution in [1.82, 2.24) is 9.97 Å². The van der Waals surface area contributed by atoms with E-state index in [4.69, 9.17) is 6.42 Å². The first-order chi connectivity index (χ1) is 13.6. The fourth-order valence-electron chi connectivity index (χ4n) is 2.93. The van der Waals surface area contributed by atoms with Crippen LogP contribution in [-0.4, -0.2) is 16.5 Å². The Hall–Kier alpha value is -3.41. The van der Waals surface area contributed by atoms with Gasteiger partial charge in [0.25, 0.3) is 5.56 Å². The average molecular weight is 407 g/mol. The lowest BCUT2D eigenvalue weighted by molar-refractivity contribution is -0.137. The van der Waals surface area contributed by atoms with Crippen molar-refractivity contribution in [2.75, 3.05) is 11.4 Å². The van der Waals surface area contributed by atoms with E-state index in [1.165, 1.54) is 6.07 Å². The maximum Gasteiger partial charge on any atom is 0.416 e. The number of terminal acetylenes is 1. The van der Waals surface area contributed by atoms with E-state index in [-0.39, 0.29) is 24.5 Å². The van der Waals surface area contributed by atoms with Gasteiger partial charge in [0.05, 0.1) is 28.7 Å². The van der Waals surface area contributed by atoms with Crippen LogP contribution in [0.3, 0.4) is 0 Å². The van der Waals surface area contributed by atoms with Crippen LogP contribution in [-0.2, 0) is 12.7 Å². The number of halogens is 5. The fraction of sp³-hybridized carbons (Fsp3) is 0.200. The van der Waals surface area contributed by atoms with E-state index < -0.39 is 34.6 Å². The van der Waals surface area contributed by atoms with Crippen molar-refractivity contribution < 1.29 is 22.0 Å². The molecule has 1 aromatic heterocycles. The molecule has 29 heavy (non-hydrogen) atoms. The number of fused-ring (bicyclic) bond motifs is 1. The first-order valence-corrected chi connectivity index (χ1v) is 8.34. The van der Waals surface area contributed by atoms with Crippen LogP contribution in [0.25, 0.3) is 10.9 Å². The van der Waals surface area contributed by atoms with Gasteiger partial charge < -0.3 is 9.88 Å². The second-order valence-electron chi connectivity index (χ2n) is 6.35. The molecule has 0 amide bonds. The SMILES string of the molecule is C#CCN(Cc1ccc2nc(C)[nH]c(=O)c2c1)c1cc(C(F)(F)F)cc(F)c1F. The molecule has 3 rings (SSSR count). The smallest absolute Gasteiger partial charge is 0.354 e. The molecule has 9 heteroatoms. The van der Waals surface area contributed by atoms with Gasteiger partial charge in [0.15, 0.2) is 11.6 Å². The molecular weight excluding hydrogens is 393 g/mol. The molecule has 0 unspecified atom stereocenters. The molecule has 0 aliphatic rings. The third kappa shape index (κ3) is 4.21. The normalized spacial score (nSPS) is 11.5. The van der Waals surface area contributed by atoms with Crippen molar-refractivity contribution in [3.05, 3.63) is 69.3 Å². The summed E-state index contributed by atoms with van der Waals surface area (Å²) >= 11 is 0. The summed E-state index contributed by atoms with van der Waals surface area (Å²) in [5.74, 6) is -0.429. The van der Waals surface area contributed by atoms with Gasteiger partial charge in [0.2, 0.25) is 0 Å². The quantitative estimate of drug-likeness (QED) is 0.522. The Morgan fingerprint density at radius 1 is 1.21 bits per heavy atom. The number of hydrogen-bond donors (Lipinski definition) is 1. The number of aromatic nitrogens is 2. The van der Waals surface area contributed by atoms with Gasteiger partial charge >= 0.3 is 6.18 Å². The third-order valence-electron chi connectivity index (χ3n) is 4.22. The Morgan fingerprint density at radius 2 is 1.93 bits per heavy atom. The molecule has 1 heterocycles. The second kappa shape index (κ2) is 7.54. The number of anilines is 1. The summed E-state index contributed by atoms with van der Waals surface area (Å²) in [6.07, 6.45) is 0.412. The highest BCUT2D eigenvalue weighted by atomic mass is 19.4. The fourth-order valence-corrected chi connectivity index (χ4v) is 2.93. The van der Waals surface area contributed by atoms with Crippen LogP contribution in [0, 0.1) is 30.9 Å². The predicted octanol–water partition coefficient (Wildman–Crippen LogP) is 4.17. The van der Waals surface area contributed by atoms with Gasteiger partial charge in [-0.3, -0.25) is 4.79 Å². The van der Waals surface area contributed by atoms with Crippen LogP contribution in [0.15, 0.2) is 35.1 Å². The predicted molar refractivity (Wildman–Crippen MR) is 98.3 cm³/mol. The number of nitrogens with zero attached hydrogens (tertiary/aromatic N) is 2. The van der Waals surface area contributed by atoms with Crippen LogP contribution in [0.4, 0.5) is 27.6 Å². The molecule has 4 nitrogen and oxygen atoms in total. The highest BCUT2D eigenvalue weighted by Crippen LogP contribution is 2.35. The highest BCUT2D eigenvalue weighted by molar-refractivity contribution is 5.78. The summed E-state index contributed by atoms with van der Waals surface area (Å²) < 4.78 is 67.1. The number of H-pyrrole nitrogens is 1. The Labute approximate surface area is 162 Å². The molecule has 0 aliphatic heterocycles. The van der Waals surface area contributed by atoms with Gasteiger partial charge in [-0.2, -0.15) is 13.2 Å². The minimum atomic E-state index is -4.86. The van der Waals surface area contributed by atoms with Gasteiger partial charge in [-0.05, 0) is 36.8 Å². The average Bonchev–Trinajstić information content (AvgIpc) is 2.63. The molecular formula is C20H14F5N3O. The Bertz CT molecular complexity index is 1180. The minimum Gasteiger partial charge on any atom is -0.354 e. The standard InChI is InChI=1S/C20H14F5N3O/c1-3-6-28(17-9-13(20(23,24)25)8-15(21)18(17)22)10-12-4-5-16-14(7-12)19(29)27-11(2)26-16/h1,4-5,7-9H,6,10H2,2H3,(H,26,27,29). The summed E-state index contributed by atoms with van der Waals surface area (Å²) in [5.41, 5.74) is -1.46. The largest absolute Gasteiger partial charge is 0.416 e. The third-order valence-corrected chi connectivity index (χ3v) is 4.22. The zero-order valence-electron chi connectivity index (χ0n) is 15.1. The van der Waals surface area contributed by atoms with E-state index in [9.17, 15) is 26.7 Å². The van der Waals surface area contributed by atoms with Crippen molar-refractivity contribution >= 4 is 16.6 Å². The van der Waals surface area contributed by atoms with Crippen molar-refractivity contribution in [2.45, 2.75) is 19.6 Å². The van der Waals surface area contributed by atoms with Gasteiger partial charge in [-0.25, -0.2) is 13.8 Å². The molecule has 0 fully saturated rings. The maximum absolute atomic E-state index is 14.3. The molecule has 0 radical (unpaired) electrons. The summed E-state index contributed by atoms with van der Waals surface area (Å²) in [6.45, 7) is 1.19. The van der Waals surface area contributed by atoms with Crippen LogP contribution in [0.2, 0.25) is 0 Å². The topological polar surface area (TPSA) is 49.0 Å². The molecule has 0 saturated heterocycles. The van der Waals surface area contributed by atoms with Gasteiger partial charge in [-0.15, -0.1) is 6.42 Å². The first-order valence-electron chi connectivity index (χ1n) is 8.34. The molecule has 3 aromatic rings. The Morgan fingerprint density at radius 3 is 2.59 bits per heavy atom. The number of aromatic amines is 1.